The number of hydrogen-bond donors (Lipinski definition) is 3. The van der Waals surface area contributed by atoms with Crippen LogP contribution in [0.25, 0.3) is 11.3 Å². The predicted octanol–water partition coefficient (Wildman–Crippen LogP) is 3.07. The van der Waals surface area contributed by atoms with Gasteiger partial charge in [0.25, 0.3) is 5.91 Å². The fourth-order valence-electron chi connectivity index (χ4n) is 3.21. The molecule has 0 radical (unpaired) electrons. The summed E-state index contributed by atoms with van der Waals surface area (Å²) in [5.74, 6) is -1.87. The highest BCUT2D eigenvalue weighted by molar-refractivity contribution is 6.30. The van der Waals surface area contributed by atoms with Crippen molar-refractivity contribution in [3.05, 3.63) is 69.9 Å². The van der Waals surface area contributed by atoms with Gasteiger partial charge < -0.3 is 24.8 Å². The molecule has 1 heterocycles. The Balaban J connectivity index is 1.68. The van der Waals surface area contributed by atoms with Gasteiger partial charge in [-0.2, -0.15) is 0 Å². The molecular formula is C24H23ClN4O7. The fourth-order valence-corrected chi connectivity index (χ4v) is 3.49. The van der Waals surface area contributed by atoms with Crippen molar-refractivity contribution in [2.45, 2.75) is 26.5 Å². The molecule has 3 rings (SSSR count). The highest BCUT2D eigenvalue weighted by Gasteiger charge is 2.22. The number of aliphatic imine (C=N–C) groups is 1. The number of aryl methyl sites for hydroxylation is 1. The number of carbonyl (C=O) groups excluding carboxylic acids is 2. The molecule has 2 aromatic carbocycles. The minimum absolute atomic E-state index is 0.0662. The lowest BCUT2D eigenvalue weighted by Gasteiger charge is -2.08. The van der Waals surface area contributed by atoms with Crippen LogP contribution in [0.1, 0.15) is 33.7 Å². The number of benzene rings is 2. The van der Waals surface area contributed by atoms with E-state index >= 15 is 0 Å². The van der Waals surface area contributed by atoms with Crippen LogP contribution >= 0.6 is 11.6 Å². The second-order valence-electron chi connectivity index (χ2n) is 7.55. The number of aromatic nitrogens is 1. The maximum atomic E-state index is 12.9. The van der Waals surface area contributed by atoms with Gasteiger partial charge in [-0.25, -0.2) is 4.99 Å². The summed E-state index contributed by atoms with van der Waals surface area (Å²) in [6.07, 6.45) is -0.736. The molecule has 11 nitrogen and oxygen atoms in total. The Morgan fingerprint density at radius 3 is 2.53 bits per heavy atom. The summed E-state index contributed by atoms with van der Waals surface area (Å²) in [4.78, 5) is 39.1. The zero-order chi connectivity index (χ0) is 26.2. The Morgan fingerprint density at radius 1 is 1.17 bits per heavy atom. The van der Waals surface area contributed by atoms with Gasteiger partial charge in [0.15, 0.2) is 5.96 Å². The summed E-state index contributed by atoms with van der Waals surface area (Å²) >= 11 is 6.12. The number of nitrogens with one attached hydrogen (secondary N) is 1. The number of rotatable bonds is 9. The fraction of sp³-hybridized carbons (Fsp3) is 0.208. The Bertz CT molecular complexity index is 1300. The molecule has 1 aromatic heterocycles. The third kappa shape index (κ3) is 7.06. The molecule has 0 unspecified atom stereocenters. The van der Waals surface area contributed by atoms with Crippen LogP contribution in [0.4, 0.5) is 0 Å². The van der Waals surface area contributed by atoms with E-state index in [2.05, 4.69) is 15.5 Å². The number of carboxylic acids is 1. The Labute approximate surface area is 210 Å². The van der Waals surface area contributed by atoms with E-state index in [1.54, 1.807) is 56.5 Å². The van der Waals surface area contributed by atoms with Gasteiger partial charge in [0.1, 0.15) is 35.8 Å². The molecule has 0 aliphatic carbocycles. The van der Waals surface area contributed by atoms with Gasteiger partial charge in [-0.1, -0.05) is 22.8 Å². The summed E-state index contributed by atoms with van der Waals surface area (Å²) in [5, 5.41) is 15.5. The second-order valence-corrected chi connectivity index (χ2v) is 7.98. The molecule has 0 fully saturated rings. The van der Waals surface area contributed by atoms with Gasteiger partial charge in [-0.3, -0.25) is 19.7 Å². The Kier molecular flexibility index (Phi) is 8.63. The third-order valence-electron chi connectivity index (χ3n) is 4.84. The topological polar surface area (TPSA) is 166 Å². The number of ether oxygens (including phenoxy) is 2. The lowest BCUT2D eigenvalue weighted by Crippen LogP contribution is -2.37. The van der Waals surface area contributed by atoms with Crippen molar-refractivity contribution in [3.63, 3.8) is 0 Å². The molecule has 0 spiro atoms. The lowest BCUT2D eigenvalue weighted by molar-refractivity contribution is -0.152. The second kappa shape index (κ2) is 11.8. The van der Waals surface area contributed by atoms with Crippen molar-refractivity contribution in [3.8, 4) is 17.0 Å². The molecule has 4 N–H and O–H groups in total. The van der Waals surface area contributed by atoms with Crippen molar-refractivity contribution in [1.29, 1.82) is 0 Å². The molecule has 1 amide bonds. The number of esters is 1. The molecule has 36 heavy (non-hydrogen) atoms. The summed E-state index contributed by atoms with van der Waals surface area (Å²) in [7, 11) is 1.55. The van der Waals surface area contributed by atoms with E-state index in [1.807, 2.05) is 0 Å². The molecule has 0 saturated heterocycles. The number of methoxy groups -OCH3 is 1. The first-order valence-corrected chi connectivity index (χ1v) is 10.9. The first-order chi connectivity index (χ1) is 17.2. The van der Waals surface area contributed by atoms with Crippen LogP contribution in [0.2, 0.25) is 5.02 Å². The maximum absolute atomic E-state index is 12.9. The molecule has 0 aliphatic heterocycles. The number of hydrogen-bond acceptors (Lipinski definition) is 8. The SMILES string of the molecule is COc1ccc(-c2noc(C)c2C(=O)NC(N)=NCc2cc(Cl)cc(COC(=O)CC(=O)O)c2)cc1. The lowest BCUT2D eigenvalue weighted by atomic mass is 10.1. The van der Waals surface area contributed by atoms with Gasteiger partial charge in [0, 0.05) is 10.6 Å². The maximum Gasteiger partial charge on any atom is 0.317 e. The first-order valence-electron chi connectivity index (χ1n) is 10.5. The van der Waals surface area contributed by atoms with E-state index in [0.29, 0.717) is 38.9 Å². The summed E-state index contributed by atoms with van der Waals surface area (Å²) in [6.45, 7) is 1.52. The largest absolute Gasteiger partial charge is 0.497 e. The number of guanidine groups is 1. The molecule has 0 atom stereocenters. The average Bonchev–Trinajstić information content (AvgIpc) is 3.22. The van der Waals surface area contributed by atoms with Crippen LogP contribution in [0.3, 0.4) is 0 Å². The van der Waals surface area contributed by atoms with Gasteiger partial charge >= 0.3 is 11.9 Å². The van der Waals surface area contributed by atoms with E-state index in [1.165, 1.54) is 0 Å². The summed E-state index contributed by atoms with van der Waals surface area (Å²) in [5.41, 5.74) is 8.30. The number of nitrogens with two attached hydrogens (primary N) is 1. The quantitative estimate of drug-likeness (QED) is 0.168. The van der Waals surface area contributed by atoms with Crippen LogP contribution in [0, 0.1) is 6.92 Å². The van der Waals surface area contributed by atoms with E-state index in [4.69, 9.17) is 36.4 Å². The van der Waals surface area contributed by atoms with Crippen molar-refractivity contribution in [1.82, 2.24) is 10.5 Å². The van der Waals surface area contributed by atoms with Gasteiger partial charge in [-0.15, -0.1) is 0 Å². The van der Waals surface area contributed by atoms with Crippen molar-refractivity contribution >= 4 is 35.4 Å². The summed E-state index contributed by atoms with van der Waals surface area (Å²) < 4.78 is 15.3. The smallest absolute Gasteiger partial charge is 0.317 e. The average molecular weight is 515 g/mol. The number of nitrogens with zero attached hydrogens (tertiary/aromatic N) is 2. The number of amides is 1. The molecule has 0 saturated carbocycles. The van der Waals surface area contributed by atoms with Crippen molar-refractivity contribution < 1.29 is 33.5 Å². The van der Waals surface area contributed by atoms with Gasteiger partial charge in [0.05, 0.1) is 13.7 Å². The number of carbonyl (C=O) groups is 3. The summed E-state index contributed by atoms with van der Waals surface area (Å²) in [6, 6.07) is 11.9. The van der Waals surface area contributed by atoms with E-state index in [9.17, 15) is 14.4 Å². The minimum atomic E-state index is -1.28. The van der Waals surface area contributed by atoms with Crippen LogP contribution in [0.15, 0.2) is 52.0 Å². The molecule has 188 valence electrons. The number of aliphatic carboxylic acids is 1. The molecule has 3 aromatic rings. The molecule has 0 aliphatic rings. The zero-order valence-corrected chi connectivity index (χ0v) is 20.2. The number of halogens is 1. The van der Waals surface area contributed by atoms with Crippen LogP contribution in [-0.4, -0.2) is 41.2 Å². The van der Waals surface area contributed by atoms with Crippen LogP contribution < -0.4 is 15.8 Å². The normalized spacial score (nSPS) is 11.1. The molecule has 0 bridgehead atoms. The highest BCUT2D eigenvalue weighted by Crippen LogP contribution is 2.27. The van der Waals surface area contributed by atoms with Gasteiger partial charge in [0.2, 0.25) is 0 Å². The van der Waals surface area contributed by atoms with Crippen molar-refractivity contribution in [2.24, 2.45) is 10.7 Å². The monoisotopic (exact) mass is 514 g/mol. The first kappa shape index (κ1) is 26.2. The zero-order valence-electron chi connectivity index (χ0n) is 19.4. The minimum Gasteiger partial charge on any atom is -0.497 e. The number of carboxylic acid groups (broad SMARTS) is 1. The van der Waals surface area contributed by atoms with Crippen LogP contribution in [-0.2, 0) is 27.5 Å². The molecule has 12 heteroatoms. The van der Waals surface area contributed by atoms with E-state index < -0.39 is 24.3 Å². The predicted molar refractivity (Wildman–Crippen MR) is 130 cm³/mol. The van der Waals surface area contributed by atoms with E-state index in [-0.39, 0.29) is 24.7 Å². The van der Waals surface area contributed by atoms with Crippen LogP contribution in [0.5, 0.6) is 5.75 Å². The third-order valence-corrected chi connectivity index (χ3v) is 5.06. The molecular weight excluding hydrogens is 492 g/mol. The Hall–Kier alpha value is -4.38. The highest BCUT2D eigenvalue weighted by atomic mass is 35.5. The van der Waals surface area contributed by atoms with E-state index in [0.717, 1.165) is 0 Å². The standard InChI is InChI=1S/C24H23ClN4O7/c1-13-21(22(29-36-13)16-3-5-18(34-2)6-4-16)23(33)28-24(26)27-11-14-7-15(9-17(25)8-14)12-35-20(32)10-19(30)31/h3-9H,10-12H2,1-2H3,(H,30,31)(H3,26,27,28,33). The van der Waals surface area contributed by atoms with Crippen molar-refractivity contribution in [2.75, 3.05) is 7.11 Å². The van der Waals surface area contributed by atoms with Gasteiger partial charge in [-0.05, 0) is 54.4 Å². The Morgan fingerprint density at radius 2 is 1.86 bits per heavy atom.